The van der Waals surface area contributed by atoms with Crippen molar-refractivity contribution in [3.05, 3.63) is 24.3 Å². The Balaban J connectivity index is 1.78. The third-order valence-corrected chi connectivity index (χ3v) is 4.63. The molecule has 6 heteroatoms. The summed E-state index contributed by atoms with van der Waals surface area (Å²) < 4.78 is 22.2. The summed E-state index contributed by atoms with van der Waals surface area (Å²) in [5, 5.41) is 0. The molecule has 0 unspecified atom stereocenters. The average molecular weight is 297 g/mol. The van der Waals surface area contributed by atoms with Crippen LogP contribution in [0.3, 0.4) is 0 Å². The molecule has 1 heterocycles. The van der Waals surface area contributed by atoms with Gasteiger partial charge in [0.25, 0.3) is 0 Å². The molecule has 1 fully saturated rings. The van der Waals surface area contributed by atoms with Crippen LogP contribution in [0.1, 0.15) is 6.42 Å². The van der Waals surface area contributed by atoms with Gasteiger partial charge in [-0.1, -0.05) is 6.07 Å². The molecule has 2 rings (SSSR count). The minimum atomic E-state index is -2.83. The van der Waals surface area contributed by atoms with Crippen molar-refractivity contribution in [2.75, 3.05) is 55.4 Å². The smallest absolute Gasteiger partial charge is 0.147 e. The third-order valence-electron chi connectivity index (χ3n) is 3.60. The lowest BCUT2D eigenvalue weighted by molar-refractivity contribution is 0.259. The Morgan fingerprint density at radius 2 is 1.90 bits per heavy atom. The van der Waals surface area contributed by atoms with Crippen molar-refractivity contribution in [3.63, 3.8) is 0 Å². The van der Waals surface area contributed by atoms with Crippen LogP contribution in [0.2, 0.25) is 0 Å². The molecule has 0 atom stereocenters. The Kier molecular flexibility index (Phi) is 4.88. The zero-order valence-corrected chi connectivity index (χ0v) is 12.8. The maximum Gasteiger partial charge on any atom is 0.147 e. The molecule has 2 N–H and O–H groups in total. The van der Waals surface area contributed by atoms with E-state index in [0.717, 1.165) is 44.8 Å². The van der Waals surface area contributed by atoms with Crippen molar-refractivity contribution in [3.8, 4) is 0 Å². The quantitative estimate of drug-likeness (QED) is 0.815. The number of rotatable bonds is 5. The monoisotopic (exact) mass is 297 g/mol. The lowest BCUT2D eigenvalue weighted by atomic mass is 10.2. The van der Waals surface area contributed by atoms with E-state index in [2.05, 4.69) is 15.9 Å². The first-order valence-electron chi connectivity index (χ1n) is 6.95. The van der Waals surface area contributed by atoms with Crippen LogP contribution in [0.5, 0.6) is 0 Å². The second-order valence-electron chi connectivity index (χ2n) is 5.41. The number of piperazine rings is 1. The van der Waals surface area contributed by atoms with E-state index in [4.69, 9.17) is 5.73 Å². The van der Waals surface area contributed by atoms with Gasteiger partial charge in [0, 0.05) is 43.8 Å². The minimum absolute atomic E-state index is 0.280. The summed E-state index contributed by atoms with van der Waals surface area (Å²) in [5.41, 5.74) is 7.76. The highest BCUT2D eigenvalue weighted by Gasteiger charge is 2.17. The Hall–Kier alpha value is -1.27. The highest BCUT2D eigenvalue weighted by atomic mass is 32.2. The summed E-state index contributed by atoms with van der Waals surface area (Å²) in [6.45, 7) is 4.72. The van der Waals surface area contributed by atoms with Gasteiger partial charge in [0.1, 0.15) is 9.84 Å². The fourth-order valence-electron chi connectivity index (χ4n) is 2.50. The van der Waals surface area contributed by atoms with Crippen molar-refractivity contribution in [2.24, 2.45) is 0 Å². The maximum absolute atomic E-state index is 11.1. The molecule has 5 nitrogen and oxygen atoms in total. The highest BCUT2D eigenvalue weighted by molar-refractivity contribution is 7.90. The van der Waals surface area contributed by atoms with Gasteiger partial charge in [0.2, 0.25) is 0 Å². The SMILES string of the molecule is CS(=O)(=O)CCCN1CCN(c2cccc(N)c2)CC1. The van der Waals surface area contributed by atoms with Crippen molar-refractivity contribution in [1.82, 2.24) is 4.90 Å². The number of nitrogens with zero attached hydrogens (tertiary/aromatic N) is 2. The molecule has 112 valence electrons. The number of nitrogen functional groups attached to an aromatic ring is 1. The predicted octanol–water partition coefficient (Wildman–Crippen LogP) is 0.826. The number of anilines is 2. The standard InChI is InChI=1S/C14H23N3O2S/c1-20(18,19)11-3-6-16-7-9-17(10-8-16)14-5-2-4-13(15)12-14/h2,4-5,12H,3,6-11,15H2,1H3. The normalized spacial score (nSPS) is 17.4. The van der Waals surface area contributed by atoms with Crippen molar-refractivity contribution < 1.29 is 8.42 Å². The van der Waals surface area contributed by atoms with E-state index in [1.807, 2.05) is 18.2 Å². The van der Waals surface area contributed by atoms with Crippen LogP contribution in [-0.4, -0.2) is 58.1 Å². The Morgan fingerprint density at radius 1 is 1.20 bits per heavy atom. The zero-order valence-electron chi connectivity index (χ0n) is 12.0. The minimum Gasteiger partial charge on any atom is -0.399 e. The molecule has 0 amide bonds. The molecule has 1 aromatic rings. The van der Waals surface area contributed by atoms with Gasteiger partial charge in [0.05, 0.1) is 5.75 Å². The summed E-state index contributed by atoms with van der Waals surface area (Å²) >= 11 is 0. The van der Waals surface area contributed by atoms with Crippen molar-refractivity contribution in [2.45, 2.75) is 6.42 Å². The van der Waals surface area contributed by atoms with Gasteiger partial charge in [-0.25, -0.2) is 8.42 Å². The van der Waals surface area contributed by atoms with E-state index < -0.39 is 9.84 Å². The Labute approximate surface area is 121 Å². The number of nitrogens with two attached hydrogens (primary N) is 1. The molecule has 1 saturated heterocycles. The molecule has 0 saturated carbocycles. The Bertz CT molecular complexity index is 537. The van der Waals surface area contributed by atoms with Gasteiger partial charge in [-0.15, -0.1) is 0 Å². The molecule has 20 heavy (non-hydrogen) atoms. The fraction of sp³-hybridized carbons (Fsp3) is 0.571. The molecule has 0 aromatic heterocycles. The fourth-order valence-corrected chi connectivity index (χ4v) is 3.15. The number of hydrogen-bond acceptors (Lipinski definition) is 5. The summed E-state index contributed by atoms with van der Waals surface area (Å²) in [7, 11) is -2.83. The summed E-state index contributed by atoms with van der Waals surface area (Å²) in [6.07, 6.45) is 2.02. The van der Waals surface area contributed by atoms with Crippen molar-refractivity contribution >= 4 is 21.2 Å². The number of sulfone groups is 1. The molecule has 0 spiro atoms. The first-order chi connectivity index (χ1) is 9.44. The average Bonchev–Trinajstić information content (AvgIpc) is 2.38. The van der Waals surface area contributed by atoms with Crippen LogP contribution in [0.25, 0.3) is 0 Å². The highest BCUT2D eigenvalue weighted by Crippen LogP contribution is 2.19. The van der Waals surface area contributed by atoms with Crippen LogP contribution in [0.4, 0.5) is 11.4 Å². The molecular formula is C14H23N3O2S. The molecule has 0 bridgehead atoms. The van der Waals surface area contributed by atoms with E-state index in [9.17, 15) is 8.42 Å². The Morgan fingerprint density at radius 3 is 2.50 bits per heavy atom. The summed E-state index contributed by atoms with van der Waals surface area (Å²) in [5.74, 6) is 0.280. The maximum atomic E-state index is 11.1. The second kappa shape index (κ2) is 6.45. The first kappa shape index (κ1) is 15.1. The third kappa shape index (κ3) is 4.68. The topological polar surface area (TPSA) is 66.6 Å². The van der Waals surface area contributed by atoms with E-state index >= 15 is 0 Å². The molecule has 1 aromatic carbocycles. The molecular weight excluding hydrogens is 274 g/mol. The lowest BCUT2D eigenvalue weighted by Crippen LogP contribution is -2.46. The molecule has 1 aliphatic rings. The van der Waals surface area contributed by atoms with E-state index in [1.54, 1.807) is 0 Å². The molecule has 1 aliphatic heterocycles. The van der Waals surface area contributed by atoms with Crippen LogP contribution < -0.4 is 10.6 Å². The van der Waals surface area contributed by atoms with Crippen LogP contribution >= 0.6 is 0 Å². The van der Waals surface area contributed by atoms with Gasteiger partial charge >= 0.3 is 0 Å². The summed E-state index contributed by atoms with van der Waals surface area (Å²) in [4.78, 5) is 4.65. The molecule has 0 radical (unpaired) electrons. The first-order valence-corrected chi connectivity index (χ1v) is 9.01. The summed E-state index contributed by atoms with van der Waals surface area (Å²) in [6, 6.07) is 7.95. The van der Waals surface area contributed by atoms with Crippen molar-refractivity contribution in [1.29, 1.82) is 0 Å². The van der Waals surface area contributed by atoms with Crippen LogP contribution in [0, 0.1) is 0 Å². The largest absolute Gasteiger partial charge is 0.399 e. The predicted molar refractivity (Wildman–Crippen MR) is 83.8 cm³/mol. The lowest BCUT2D eigenvalue weighted by Gasteiger charge is -2.36. The van der Waals surface area contributed by atoms with E-state index in [0.29, 0.717) is 0 Å². The van der Waals surface area contributed by atoms with Gasteiger partial charge < -0.3 is 10.6 Å². The van der Waals surface area contributed by atoms with E-state index in [-0.39, 0.29) is 5.75 Å². The second-order valence-corrected chi connectivity index (χ2v) is 7.67. The van der Waals surface area contributed by atoms with Crippen LogP contribution in [0.15, 0.2) is 24.3 Å². The van der Waals surface area contributed by atoms with Crippen LogP contribution in [-0.2, 0) is 9.84 Å². The number of benzene rings is 1. The van der Waals surface area contributed by atoms with E-state index in [1.165, 1.54) is 11.9 Å². The van der Waals surface area contributed by atoms with Gasteiger partial charge in [-0.05, 0) is 31.2 Å². The van der Waals surface area contributed by atoms with Gasteiger partial charge in [-0.2, -0.15) is 0 Å². The van der Waals surface area contributed by atoms with Gasteiger partial charge in [0.15, 0.2) is 0 Å². The van der Waals surface area contributed by atoms with Gasteiger partial charge in [-0.3, -0.25) is 4.90 Å². The zero-order chi connectivity index (χ0) is 14.6. The number of hydrogen-bond donors (Lipinski definition) is 1. The molecule has 0 aliphatic carbocycles.